The number of nitrogens with zero attached hydrogens (tertiary/aromatic N) is 2. The SMILES string of the molecule is COc1cc(-c2nc(-c3ccc([B-](C)(F)F)cc3)no2)cc(CO)c1CO. The molecule has 142 valence electrons. The fourth-order valence-corrected chi connectivity index (χ4v) is 2.76. The van der Waals surface area contributed by atoms with Crippen LogP contribution in [0.4, 0.5) is 8.63 Å². The molecule has 0 aliphatic heterocycles. The topological polar surface area (TPSA) is 88.6 Å². The Morgan fingerprint density at radius 2 is 1.78 bits per heavy atom. The first kappa shape index (κ1) is 19.0. The van der Waals surface area contributed by atoms with E-state index in [-0.39, 0.29) is 30.4 Å². The quantitative estimate of drug-likeness (QED) is 0.644. The van der Waals surface area contributed by atoms with E-state index < -0.39 is 6.70 Å². The molecule has 0 saturated heterocycles. The Bertz CT molecular complexity index is 914. The van der Waals surface area contributed by atoms with E-state index in [1.807, 2.05) is 0 Å². The van der Waals surface area contributed by atoms with Crippen molar-refractivity contribution in [3.63, 3.8) is 0 Å². The summed E-state index contributed by atoms with van der Waals surface area (Å²) in [6, 6.07) is 8.94. The van der Waals surface area contributed by atoms with E-state index in [1.54, 1.807) is 12.1 Å². The minimum atomic E-state index is -3.57. The van der Waals surface area contributed by atoms with Gasteiger partial charge in [0.15, 0.2) is 0 Å². The third kappa shape index (κ3) is 3.84. The van der Waals surface area contributed by atoms with Gasteiger partial charge < -0.3 is 28.1 Å². The second kappa shape index (κ2) is 7.46. The molecule has 3 rings (SSSR count). The van der Waals surface area contributed by atoms with Crippen LogP contribution in [0.1, 0.15) is 11.1 Å². The number of rotatable bonds is 6. The average molecular weight is 375 g/mol. The Hall–Kier alpha value is -2.78. The summed E-state index contributed by atoms with van der Waals surface area (Å²) in [5, 5.41) is 22.9. The lowest BCUT2D eigenvalue weighted by Crippen LogP contribution is -2.34. The van der Waals surface area contributed by atoms with Crippen molar-refractivity contribution >= 4 is 12.2 Å². The predicted molar refractivity (Wildman–Crippen MR) is 97.0 cm³/mol. The second-order valence-corrected chi connectivity index (χ2v) is 6.20. The normalized spacial score (nSPS) is 11.6. The molecule has 1 heterocycles. The molecule has 0 amide bonds. The first-order chi connectivity index (χ1) is 12.9. The van der Waals surface area contributed by atoms with Crippen LogP contribution in [0, 0.1) is 0 Å². The summed E-state index contributed by atoms with van der Waals surface area (Å²) in [7, 11) is 1.45. The van der Waals surface area contributed by atoms with Crippen LogP contribution in [0.2, 0.25) is 6.82 Å². The highest BCUT2D eigenvalue weighted by atomic mass is 19.2. The lowest BCUT2D eigenvalue weighted by Gasteiger charge is -2.18. The summed E-state index contributed by atoms with van der Waals surface area (Å²) in [5.74, 6) is 0.811. The number of aliphatic hydroxyl groups is 2. The molecule has 0 radical (unpaired) electrons. The highest BCUT2D eigenvalue weighted by Crippen LogP contribution is 2.31. The van der Waals surface area contributed by atoms with Crippen LogP contribution < -0.4 is 10.2 Å². The summed E-state index contributed by atoms with van der Waals surface area (Å²) in [4.78, 5) is 4.29. The number of methoxy groups -OCH3 is 1. The molecule has 0 atom stereocenters. The molecule has 0 spiro atoms. The molecule has 0 aliphatic carbocycles. The maximum Gasteiger partial charge on any atom is 0.330 e. The Morgan fingerprint density at radius 3 is 2.33 bits per heavy atom. The van der Waals surface area contributed by atoms with Crippen molar-refractivity contribution in [3.05, 3.63) is 47.5 Å². The van der Waals surface area contributed by atoms with Crippen LogP contribution in [-0.2, 0) is 13.2 Å². The van der Waals surface area contributed by atoms with Crippen molar-refractivity contribution in [1.29, 1.82) is 0 Å². The van der Waals surface area contributed by atoms with Gasteiger partial charge in [-0.3, -0.25) is 0 Å². The van der Waals surface area contributed by atoms with E-state index in [2.05, 4.69) is 10.1 Å². The van der Waals surface area contributed by atoms with Crippen molar-refractivity contribution in [2.24, 2.45) is 0 Å². The summed E-state index contributed by atoms with van der Waals surface area (Å²) < 4.78 is 37.3. The average Bonchev–Trinajstić information content (AvgIpc) is 3.16. The second-order valence-electron chi connectivity index (χ2n) is 6.20. The van der Waals surface area contributed by atoms with E-state index in [4.69, 9.17) is 9.26 Å². The minimum absolute atomic E-state index is 0.0422. The molecular formula is C18H18BF2N2O4-. The van der Waals surface area contributed by atoms with Gasteiger partial charge in [-0.2, -0.15) is 4.98 Å². The van der Waals surface area contributed by atoms with Gasteiger partial charge >= 0.3 is 6.70 Å². The maximum atomic E-state index is 13.4. The van der Waals surface area contributed by atoms with Gasteiger partial charge in [-0.05, 0) is 17.7 Å². The summed E-state index contributed by atoms with van der Waals surface area (Å²) in [6.07, 6.45) is 0. The molecular weight excluding hydrogens is 357 g/mol. The monoisotopic (exact) mass is 375 g/mol. The van der Waals surface area contributed by atoms with Crippen LogP contribution in [0.25, 0.3) is 22.8 Å². The van der Waals surface area contributed by atoms with Gasteiger partial charge in [0.05, 0.1) is 20.3 Å². The number of aliphatic hydroxyl groups excluding tert-OH is 2. The molecule has 2 aromatic carbocycles. The zero-order chi connectivity index (χ0) is 19.6. The Balaban J connectivity index is 1.96. The number of ether oxygens (including phenoxy) is 1. The number of hydrogen-bond donors (Lipinski definition) is 2. The first-order valence-electron chi connectivity index (χ1n) is 8.29. The first-order valence-corrected chi connectivity index (χ1v) is 8.29. The number of aromatic nitrogens is 2. The van der Waals surface area contributed by atoms with Gasteiger partial charge in [0, 0.05) is 16.7 Å². The maximum absolute atomic E-state index is 13.4. The van der Waals surface area contributed by atoms with E-state index in [9.17, 15) is 18.8 Å². The van der Waals surface area contributed by atoms with E-state index >= 15 is 0 Å². The van der Waals surface area contributed by atoms with Gasteiger partial charge in [0.2, 0.25) is 5.82 Å². The molecule has 0 fully saturated rings. The Morgan fingerprint density at radius 1 is 1.07 bits per heavy atom. The minimum Gasteiger partial charge on any atom is -0.496 e. The molecule has 0 aliphatic rings. The van der Waals surface area contributed by atoms with Crippen molar-refractivity contribution in [3.8, 4) is 28.6 Å². The molecule has 9 heteroatoms. The largest absolute Gasteiger partial charge is 0.496 e. The Kier molecular flexibility index (Phi) is 5.25. The predicted octanol–water partition coefficient (Wildman–Crippen LogP) is 2.61. The highest BCUT2D eigenvalue weighted by Gasteiger charge is 2.19. The van der Waals surface area contributed by atoms with Gasteiger partial charge in [0.25, 0.3) is 5.89 Å². The number of hydrogen-bond acceptors (Lipinski definition) is 6. The summed E-state index contributed by atoms with van der Waals surface area (Å²) in [5.41, 5.74) is 1.95. The molecule has 3 aromatic rings. The molecule has 0 bridgehead atoms. The van der Waals surface area contributed by atoms with Crippen LogP contribution in [-0.4, -0.2) is 34.2 Å². The highest BCUT2D eigenvalue weighted by molar-refractivity contribution is 6.78. The van der Waals surface area contributed by atoms with Crippen molar-refractivity contribution in [1.82, 2.24) is 10.1 Å². The van der Waals surface area contributed by atoms with E-state index in [0.29, 0.717) is 28.0 Å². The van der Waals surface area contributed by atoms with E-state index in [1.165, 1.54) is 31.4 Å². The third-order valence-electron chi connectivity index (χ3n) is 4.28. The Labute approximate surface area is 154 Å². The molecule has 2 N–H and O–H groups in total. The standard InChI is InChI=1S/C18H18BF2N2O4/c1-19(20,21)14-5-3-11(4-6-14)17-22-18(27-23-17)12-7-13(9-24)15(10-25)16(8-12)26-2/h3-8,24-25H,9-10H2,1-2H3/q-1. The molecule has 0 unspecified atom stereocenters. The zero-order valence-corrected chi connectivity index (χ0v) is 14.8. The fourth-order valence-electron chi connectivity index (χ4n) is 2.76. The zero-order valence-electron chi connectivity index (χ0n) is 14.8. The van der Waals surface area contributed by atoms with Gasteiger partial charge in [0.1, 0.15) is 5.75 Å². The lowest BCUT2D eigenvalue weighted by atomic mass is 9.61. The lowest BCUT2D eigenvalue weighted by molar-refractivity contribution is 0.254. The summed E-state index contributed by atoms with van der Waals surface area (Å²) in [6.45, 7) is -3.26. The van der Waals surface area contributed by atoms with Crippen LogP contribution in [0.15, 0.2) is 40.9 Å². The number of benzene rings is 2. The van der Waals surface area contributed by atoms with Crippen molar-refractivity contribution in [2.75, 3.05) is 7.11 Å². The third-order valence-corrected chi connectivity index (χ3v) is 4.28. The molecule has 6 nitrogen and oxygen atoms in total. The molecule has 1 aromatic heterocycles. The van der Waals surface area contributed by atoms with Crippen molar-refractivity contribution < 1.29 is 28.1 Å². The van der Waals surface area contributed by atoms with E-state index in [0.717, 1.165) is 6.82 Å². The smallest absolute Gasteiger partial charge is 0.330 e. The number of halogens is 2. The van der Waals surface area contributed by atoms with Gasteiger partial charge in [-0.1, -0.05) is 29.4 Å². The molecule has 27 heavy (non-hydrogen) atoms. The van der Waals surface area contributed by atoms with Crippen LogP contribution >= 0.6 is 0 Å². The van der Waals surface area contributed by atoms with Crippen LogP contribution in [0.3, 0.4) is 0 Å². The fraction of sp³-hybridized carbons (Fsp3) is 0.222. The van der Waals surface area contributed by atoms with Crippen molar-refractivity contribution in [2.45, 2.75) is 20.0 Å². The van der Waals surface area contributed by atoms with Gasteiger partial charge in [-0.15, -0.1) is 12.3 Å². The van der Waals surface area contributed by atoms with Gasteiger partial charge in [-0.25, -0.2) is 0 Å². The summed E-state index contributed by atoms with van der Waals surface area (Å²) >= 11 is 0. The molecule has 0 saturated carbocycles. The van der Waals surface area contributed by atoms with Crippen LogP contribution in [0.5, 0.6) is 5.75 Å².